The summed E-state index contributed by atoms with van der Waals surface area (Å²) in [7, 11) is 0. The number of carbonyl (C=O) groups excluding carboxylic acids is 1. The highest BCUT2D eigenvalue weighted by Gasteiger charge is 2.27. The van der Waals surface area contributed by atoms with E-state index in [-0.39, 0.29) is 30.9 Å². The van der Waals surface area contributed by atoms with E-state index in [4.69, 9.17) is 5.73 Å². The van der Waals surface area contributed by atoms with Crippen molar-refractivity contribution in [1.29, 1.82) is 0 Å². The maximum absolute atomic E-state index is 12.9. The van der Waals surface area contributed by atoms with Gasteiger partial charge < -0.3 is 11.1 Å². The quantitative estimate of drug-likeness (QED) is 0.783. The van der Waals surface area contributed by atoms with E-state index in [9.17, 15) is 18.4 Å². The molecule has 0 saturated carbocycles. The number of nitrogens with zero attached hydrogens (tertiary/aromatic N) is 3. The summed E-state index contributed by atoms with van der Waals surface area (Å²) >= 11 is 0. The molecule has 0 fully saturated rings. The number of fused-ring (bicyclic) bond motifs is 1. The molecule has 10 heteroatoms. The van der Waals surface area contributed by atoms with Crippen molar-refractivity contribution in [2.24, 2.45) is 5.73 Å². The van der Waals surface area contributed by atoms with Crippen molar-refractivity contribution < 1.29 is 13.6 Å². The molecule has 0 aliphatic heterocycles. The number of amides is 1. The van der Waals surface area contributed by atoms with E-state index in [1.807, 2.05) is 0 Å². The third-order valence-electron chi connectivity index (χ3n) is 3.02. The fraction of sp³-hybridized carbons (Fsp3) is 0.385. The molecule has 0 atom stereocenters. The second-order valence-corrected chi connectivity index (χ2v) is 4.72. The number of benzene rings is 1. The van der Waals surface area contributed by atoms with Gasteiger partial charge in [-0.3, -0.25) is 9.59 Å². The molecule has 1 heterocycles. The Morgan fingerprint density at radius 1 is 1.35 bits per heavy atom. The monoisotopic (exact) mass is 347 g/mol. The number of aromatic nitrogens is 3. The third kappa shape index (κ3) is 4.93. The van der Waals surface area contributed by atoms with E-state index < -0.39 is 24.9 Å². The Morgan fingerprint density at radius 2 is 2.04 bits per heavy atom. The Kier molecular flexibility index (Phi) is 6.52. The number of nitrogens with one attached hydrogen (secondary N) is 1. The molecule has 0 unspecified atom stereocenters. The molecule has 0 aliphatic carbocycles. The van der Waals surface area contributed by atoms with Gasteiger partial charge in [0.25, 0.3) is 11.5 Å². The molecular formula is C13H16ClF2N5O2. The minimum atomic E-state index is -3.14. The number of halogens is 3. The van der Waals surface area contributed by atoms with Gasteiger partial charge in [-0.05, 0) is 12.1 Å². The second kappa shape index (κ2) is 7.93. The zero-order valence-electron chi connectivity index (χ0n) is 12.0. The van der Waals surface area contributed by atoms with Crippen LogP contribution in [0.5, 0.6) is 0 Å². The Hall–Kier alpha value is -2.13. The fourth-order valence-electron chi connectivity index (χ4n) is 1.77. The summed E-state index contributed by atoms with van der Waals surface area (Å²) in [4.78, 5) is 23.6. The molecule has 1 amide bonds. The highest BCUT2D eigenvalue weighted by Crippen LogP contribution is 2.08. The van der Waals surface area contributed by atoms with Gasteiger partial charge in [-0.25, -0.2) is 13.5 Å². The third-order valence-corrected chi connectivity index (χ3v) is 3.02. The molecule has 1 aromatic carbocycles. The van der Waals surface area contributed by atoms with Gasteiger partial charge in [0.05, 0.1) is 25.0 Å². The molecule has 0 spiro atoms. The largest absolute Gasteiger partial charge is 0.350 e. The van der Waals surface area contributed by atoms with Crippen molar-refractivity contribution in [1.82, 2.24) is 20.3 Å². The molecule has 7 nitrogen and oxygen atoms in total. The first-order chi connectivity index (χ1) is 10.4. The highest BCUT2D eigenvalue weighted by molar-refractivity contribution is 5.85. The molecule has 23 heavy (non-hydrogen) atoms. The molecular weight excluding hydrogens is 332 g/mol. The van der Waals surface area contributed by atoms with E-state index in [0.717, 1.165) is 4.68 Å². The lowest BCUT2D eigenvalue weighted by atomic mass is 10.2. The van der Waals surface area contributed by atoms with E-state index in [2.05, 4.69) is 15.6 Å². The van der Waals surface area contributed by atoms with Crippen LogP contribution < -0.4 is 16.6 Å². The normalized spacial score (nSPS) is 11.1. The standard InChI is InChI=1S/C13H15F2N5O2.ClH/c14-13(15,7-16)8-17-11(21)5-6-20-12(22)9-3-1-2-4-10(9)18-19-20;/h1-4H,5-8,16H2,(H,17,21);1H. The van der Waals surface area contributed by atoms with Crippen LogP contribution in [-0.4, -0.2) is 39.9 Å². The first-order valence-corrected chi connectivity index (χ1v) is 6.60. The number of hydrogen-bond acceptors (Lipinski definition) is 5. The van der Waals surface area contributed by atoms with Gasteiger partial charge in [-0.15, -0.1) is 17.5 Å². The summed E-state index contributed by atoms with van der Waals surface area (Å²) in [5.74, 6) is -3.76. The van der Waals surface area contributed by atoms with Gasteiger partial charge >= 0.3 is 0 Å². The van der Waals surface area contributed by atoms with Gasteiger partial charge in [-0.1, -0.05) is 17.3 Å². The van der Waals surface area contributed by atoms with Crippen molar-refractivity contribution >= 4 is 29.2 Å². The second-order valence-electron chi connectivity index (χ2n) is 4.72. The maximum atomic E-state index is 12.9. The summed E-state index contributed by atoms with van der Waals surface area (Å²) in [6.07, 6.45) is -0.159. The number of rotatable bonds is 6. The van der Waals surface area contributed by atoms with Gasteiger partial charge in [0.15, 0.2) is 0 Å². The fourth-order valence-corrected chi connectivity index (χ4v) is 1.77. The summed E-state index contributed by atoms with van der Waals surface area (Å²) in [5.41, 5.74) is 4.94. The van der Waals surface area contributed by atoms with E-state index >= 15 is 0 Å². The lowest BCUT2D eigenvalue weighted by Crippen LogP contribution is -2.42. The minimum Gasteiger partial charge on any atom is -0.350 e. The predicted molar refractivity (Wildman–Crippen MR) is 82.7 cm³/mol. The van der Waals surface area contributed by atoms with Gasteiger partial charge in [0.2, 0.25) is 5.91 Å². The summed E-state index contributed by atoms with van der Waals surface area (Å²) in [5, 5.41) is 10.0. The van der Waals surface area contributed by atoms with E-state index in [1.165, 1.54) is 0 Å². The highest BCUT2D eigenvalue weighted by atomic mass is 35.5. The molecule has 0 aliphatic rings. The molecule has 3 N–H and O–H groups in total. The first-order valence-electron chi connectivity index (χ1n) is 6.60. The Labute approximate surface area is 136 Å². The van der Waals surface area contributed by atoms with E-state index in [1.54, 1.807) is 24.3 Å². The zero-order valence-corrected chi connectivity index (χ0v) is 12.9. The molecule has 0 saturated heterocycles. The zero-order chi connectivity index (χ0) is 16.2. The summed E-state index contributed by atoms with van der Waals surface area (Å²) in [6.45, 7) is -1.72. The molecule has 0 bridgehead atoms. The number of hydrogen-bond donors (Lipinski definition) is 2. The Balaban J connectivity index is 0.00000264. The van der Waals surface area contributed by atoms with Gasteiger partial charge in [-0.2, -0.15) is 0 Å². The Bertz CT molecular complexity index is 738. The van der Waals surface area contributed by atoms with Crippen LogP contribution >= 0.6 is 12.4 Å². The van der Waals surface area contributed by atoms with E-state index in [0.29, 0.717) is 10.9 Å². The van der Waals surface area contributed by atoms with Crippen molar-refractivity contribution in [3.05, 3.63) is 34.6 Å². The summed E-state index contributed by atoms with van der Waals surface area (Å²) < 4.78 is 26.8. The number of carbonyl (C=O) groups is 1. The van der Waals surface area contributed by atoms with Crippen LogP contribution in [0.2, 0.25) is 0 Å². The summed E-state index contributed by atoms with van der Waals surface area (Å²) in [6, 6.07) is 6.67. The topological polar surface area (TPSA) is 103 Å². The van der Waals surface area contributed by atoms with Crippen molar-refractivity contribution in [2.75, 3.05) is 13.1 Å². The predicted octanol–water partition coefficient (Wildman–Crippen LogP) is 0.314. The molecule has 2 aromatic rings. The lowest BCUT2D eigenvalue weighted by molar-refractivity contribution is -0.123. The van der Waals surface area contributed by atoms with Crippen molar-refractivity contribution in [2.45, 2.75) is 18.9 Å². The van der Waals surface area contributed by atoms with Crippen LogP contribution in [0.3, 0.4) is 0 Å². The average Bonchev–Trinajstić information content (AvgIpc) is 2.53. The van der Waals surface area contributed by atoms with Crippen LogP contribution in [0.25, 0.3) is 10.9 Å². The minimum absolute atomic E-state index is 0. The first kappa shape index (κ1) is 18.9. The van der Waals surface area contributed by atoms with Crippen LogP contribution in [-0.2, 0) is 11.3 Å². The SMILES string of the molecule is Cl.NCC(F)(F)CNC(=O)CCn1nnc2ccccc2c1=O. The van der Waals surface area contributed by atoms with Crippen molar-refractivity contribution in [3.8, 4) is 0 Å². The smallest absolute Gasteiger partial charge is 0.277 e. The average molecular weight is 348 g/mol. The van der Waals surface area contributed by atoms with Gasteiger partial charge in [0, 0.05) is 6.42 Å². The molecule has 126 valence electrons. The Morgan fingerprint density at radius 3 is 2.74 bits per heavy atom. The number of nitrogens with two attached hydrogens (primary N) is 1. The van der Waals surface area contributed by atoms with Crippen LogP contribution in [0, 0.1) is 0 Å². The van der Waals surface area contributed by atoms with Crippen LogP contribution in [0.1, 0.15) is 6.42 Å². The maximum Gasteiger partial charge on any atom is 0.277 e. The molecule has 0 radical (unpaired) electrons. The van der Waals surface area contributed by atoms with Crippen LogP contribution in [0.15, 0.2) is 29.1 Å². The molecule has 2 rings (SSSR count). The molecule has 1 aromatic heterocycles. The van der Waals surface area contributed by atoms with Gasteiger partial charge in [0.1, 0.15) is 5.52 Å². The number of alkyl halides is 2. The van der Waals surface area contributed by atoms with Crippen molar-refractivity contribution in [3.63, 3.8) is 0 Å². The van der Waals surface area contributed by atoms with Crippen LogP contribution in [0.4, 0.5) is 8.78 Å². The lowest BCUT2D eigenvalue weighted by Gasteiger charge is -2.14. The number of aryl methyl sites for hydroxylation is 1.